The third kappa shape index (κ3) is 5.14. The van der Waals surface area contributed by atoms with Crippen LogP contribution in [0.15, 0.2) is 76.3 Å². The van der Waals surface area contributed by atoms with Gasteiger partial charge in [-0.15, -0.1) is 0 Å². The van der Waals surface area contributed by atoms with E-state index in [9.17, 15) is 9.59 Å². The molecule has 1 unspecified atom stereocenters. The van der Waals surface area contributed by atoms with Crippen molar-refractivity contribution in [3.8, 4) is 5.75 Å². The van der Waals surface area contributed by atoms with Gasteiger partial charge < -0.3 is 24.0 Å². The lowest BCUT2D eigenvalue weighted by atomic mass is 9.91. The van der Waals surface area contributed by atoms with Gasteiger partial charge in [0.15, 0.2) is 5.17 Å². The Hall–Kier alpha value is -3.56. The van der Waals surface area contributed by atoms with Gasteiger partial charge in [0.2, 0.25) is 5.91 Å². The Balaban J connectivity index is 1.60. The summed E-state index contributed by atoms with van der Waals surface area (Å²) in [4.78, 5) is 35.5. The van der Waals surface area contributed by atoms with Crippen LogP contribution in [0.1, 0.15) is 30.5 Å². The second-order valence-corrected chi connectivity index (χ2v) is 9.52. The molecule has 9 heteroatoms. The largest absolute Gasteiger partial charge is 0.497 e. The molecule has 1 fully saturated rings. The van der Waals surface area contributed by atoms with E-state index in [1.54, 1.807) is 14.0 Å². The molecule has 1 saturated heterocycles. The predicted molar refractivity (Wildman–Crippen MR) is 143 cm³/mol. The van der Waals surface area contributed by atoms with Crippen molar-refractivity contribution in [2.24, 2.45) is 4.99 Å². The van der Waals surface area contributed by atoms with Crippen molar-refractivity contribution in [1.29, 1.82) is 0 Å². The fourth-order valence-electron chi connectivity index (χ4n) is 4.67. The number of amidine groups is 1. The Morgan fingerprint density at radius 1 is 1.08 bits per heavy atom. The third-order valence-corrected chi connectivity index (χ3v) is 7.37. The first-order valence-electron chi connectivity index (χ1n) is 12.3. The van der Waals surface area contributed by atoms with Crippen LogP contribution in [0.2, 0.25) is 0 Å². The van der Waals surface area contributed by atoms with Gasteiger partial charge in [-0.2, -0.15) is 0 Å². The molecule has 1 atom stereocenters. The molecule has 0 saturated carbocycles. The van der Waals surface area contributed by atoms with E-state index in [2.05, 4.69) is 0 Å². The number of ether oxygens (including phenoxy) is 3. The second kappa shape index (κ2) is 11.2. The number of fused-ring (bicyclic) bond motifs is 1. The Kier molecular flexibility index (Phi) is 7.62. The van der Waals surface area contributed by atoms with Crippen molar-refractivity contribution in [1.82, 2.24) is 9.80 Å². The van der Waals surface area contributed by atoms with E-state index >= 15 is 0 Å². The first-order valence-corrected chi connectivity index (χ1v) is 13.2. The first kappa shape index (κ1) is 25.1. The summed E-state index contributed by atoms with van der Waals surface area (Å²) in [5.74, 6) is 0.314. The highest BCUT2D eigenvalue weighted by Gasteiger charge is 2.42. The van der Waals surface area contributed by atoms with E-state index in [0.29, 0.717) is 43.3 Å². The molecule has 3 aliphatic heterocycles. The smallest absolute Gasteiger partial charge is 0.338 e. The van der Waals surface area contributed by atoms with Crippen molar-refractivity contribution < 1.29 is 23.8 Å². The molecule has 192 valence electrons. The molecule has 1 amide bonds. The summed E-state index contributed by atoms with van der Waals surface area (Å²) in [6.07, 6.45) is 0.204. The summed E-state index contributed by atoms with van der Waals surface area (Å²) in [5.41, 5.74) is 3.52. The molecule has 0 N–H and O–H groups in total. The normalized spacial score (nSPS) is 19.2. The maximum atomic E-state index is 13.5. The van der Waals surface area contributed by atoms with Gasteiger partial charge in [0.25, 0.3) is 0 Å². The highest BCUT2D eigenvalue weighted by Crippen LogP contribution is 2.47. The van der Waals surface area contributed by atoms with Gasteiger partial charge in [-0.05, 0) is 30.0 Å². The van der Waals surface area contributed by atoms with E-state index in [-0.39, 0.29) is 18.9 Å². The van der Waals surface area contributed by atoms with E-state index in [1.165, 1.54) is 11.8 Å². The quantitative estimate of drug-likeness (QED) is 0.507. The van der Waals surface area contributed by atoms with Crippen molar-refractivity contribution >= 4 is 34.5 Å². The molecule has 3 aliphatic rings. The van der Waals surface area contributed by atoms with Crippen LogP contribution in [0.25, 0.3) is 5.70 Å². The fourth-order valence-corrected chi connectivity index (χ4v) is 5.59. The summed E-state index contributed by atoms with van der Waals surface area (Å²) in [7, 11) is 1.62. The zero-order valence-electron chi connectivity index (χ0n) is 20.9. The number of amides is 1. The van der Waals surface area contributed by atoms with Crippen molar-refractivity contribution in [2.75, 3.05) is 40.0 Å². The highest BCUT2D eigenvalue weighted by molar-refractivity contribution is 8.16. The summed E-state index contributed by atoms with van der Waals surface area (Å²) < 4.78 is 16.3. The number of thioether (sulfide) groups is 1. The molecular weight excluding hydrogens is 490 g/mol. The summed E-state index contributed by atoms with van der Waals surface area (Å²) in [5, 5.41) is 2.68. The minimum Gasteiger partial charge on any atom is -0.497 e. The number of benzene rings is 2. The van der Waals surface area contributed by atoms with E-state index in [1.807, 2.05) is 69.8 Å². The van der Waals surface area contributed by atoms with E-state index < -0.39 is 12.0 Å². The number of rotatable bonds is 7. The summed E-state index contributed by atoms with van der Waals surface area (Å²) >= 11 is 1.46. The molecule has 0 radical (unpaired) electrons. The number of hydrogen-bond acceptors (Lipinski definition) is 8. The van der Waals surface area contributed by atoms with Crippen LogP contribution in [0.4, 0.5) is 0 Å². The molecule has 8 nitrogen and oxygen atoms in total. The Morgan fingerprint density at radius 2 is 1.81 bits per heavy atom. The van der Waals surface area contributed by atoms with Gasteiger partial charge in [-0.3, -0.25) is 4.79 Å². The first-order chi connectivity index (χ1) is 18.1. The zero-order chi connectivity index (χ0) is 25.8. The fraction of sp³-hybridized carbons (Fsp3) is 0.321. The standard InChI is InChI=1S/C28H29N3O5S/c1-3-36-27(33)24-25(19-7-5-4-6-8-19)29-28-31(26(24)20-9-11-22(34-2)12-10-20)21(18-37-28)17-23(32)30-13-15-35-16-14-30/h4-12,18,26H,3,13-17H2,1-2H3. The van der Waals surface area contributed by atoms with Crippen LogP contribution < -0.4 is 4.74 Å². The lowest BCUT2D eigenvalue weighted by Crippen LogP contribution is -2.42. The molecule has 37 heavy (non-hydrogen) atoms. The Bertz CT molecular complexity index is 1250. The van der Waals surface area contributed by atoms with Crippen LogP contribution in [-0.2, 0) is 19.1 Å². The maximum Gasteiger partial charge on any atom is 0.338 e. The number of esters is 1. The summed E-state index contributed by atoms with van der Waals surface area (Å²) in [6.45, 7) is 4.27. The molecule has 0 aliphatic carbocycles. The third-order valence-electron chi connectivity index (χ3n) is 6.48. The predicted octanol–water partition coefficient (Wildman–Crippen LogP) is 4.22. The average Bonchev–Trinajstić information content (AvgIpc) is 3.35. The minimum absolute atomic E-state index is 0.0281. The molecule has 2 aromatic carbocycles. The van der Waals surface area contributed by atoms with E-state index in [4.69, 9.17) is 19.2 Å². The summed E-state index contributed by atoms with van der Waals surface area (Å²) in [6, 6.07) is 16.8. The lowest BCUT2D eigenvalue weighted by molar-refractivity contribution is -0.139. The molecule has 0 aromatic heterocycles. The van der Waals surface area contributed by atoms with Crippen LogP contribution in [0.5, 0.6) is 5.75 Å². The lowest BCUT2D eigenvalue weighted by Gasteiger charge is -2.37. The van der Waals surface area contributed by atoms with Gasteiger partial charge in [-0.1, -0.05) is 54.2 Å². The van der Waals surface area contributed by atoms with Crippen LogP contribution in [0.3, 0.4) is 0 Å². The minimum atomic E-state index is -0.522. The number of carbonyl (C=O) groups excluding carboxylic acids is 2. The number of nitrogens with zero attached hydrogens (tertiary/aromatic N) is 3. The van der Waals surface area contributed by atoms with Gasteiger partial charge in [0.05, 0.1) is 50.7 Å². The van der Waals surface area contributed by atoms with Gasteiger partial charge in [0.1, 0.15) is 5.75 Å². The molecule has 3 heterocycles. The SMILES string of the molecule is CCOC(=O)C1=C(c2ccccc2)N=C2SC=C(CC(=O)N3CCOCC3)N2C1c1ccc(OC)cc1. The molecule has 0 bridgehead atoms. The van der Waals surface area contributed by atoms with Crippen LogP contribution >= 0.6 is 11.8 Å². The number of methoxy groups -OCH3 is 1. The van der Waals surface area contributed by atoms with Crippen LogP contribution in [0, 0.1) is 0 Å². The number of morpholine rings is 1. The van der Waals surface area contributed by atoms with Crippen LogP contribution in [-0.4, -0.2) is 66.9 Å². The van der Waals surface area contributed by atoms with Crippen molar-refractivity contribution in [3.63, 3.8) is 0 Å². The number of aliphatic imine (C=N–C) groups is 1. The topological polar surface area (TPSA) is 80.7 Å². The average molecular weight is 520 g/mol. The molecule has 2 aromatic rings. The maximum absolute atomic E-state index is 13.5. The van der Waals surface area contributed by atoms with Crippen molar-refractivity contribution in [3.05, 3.63) is 82.4 Å². The Labute approximate surface area is 220 Å². The zero-order valence-corrected chi connectivity index (χ0v) is 21.7. The van der Waals surface area contributed by atoms with Gasteiger partial charge >= 0.3 is 5.97 Å². The monoisotopic (exact) mass is 519 g/mol. The van der Waals surface area contributed by atoms with Crippen molar-refractivity contribution in [2.45, 2.75) is 19.4 Å². The highest BCUT2D eigenvalue weighted by atomic mass is 32.2. The second-order valence-electron chi connectivity index (χ2n) is 8.69. The number of hydrogen-bond donors (Lipinski definition) is 0. The molecule has 0 spiro atoms. The molecule has 5 rings (SSSR count). The Morgan fingerprint density at radius 3 is 2.49 bits per heavy atom. The van der Waals surface area contributed by atoms with Gasteiger partial charge in [-0.25, -0.2) is 9.79 Å². The van der Waals surface area contributed by atoms with E-state index in [0.717, 1.165) is 22.0 Å². The molecular formula is C28H29N3O5S. The number of carbonyl (C=O) groups is 2. The van der Waals surface area contributed by atoms with Gasteiger partial charge in [0, 0.05) is 24.4 Å².